The number of methoxy groups -OCH3 is 1. The highest BCUT2D eigenvalue weighted by molar-refractivity contribution is 5.92. The molecule has 1 aliphatic rings. The molecule has 1 aliphatic heterocycles. The van der Waals surface area contributed by atoms with Crippen molar-refractivity contribution in [1.82, 2.24) is 20.9 Å². The van der Waals surface area contributed by atoms with E-state index in [1.807, 2.05) is 6.92 Å². The summed E-state index contributed by atoms with van der Waals surface area (Å²) >= 11 is 0. The van der Waals surface area contributed by atoms with Gasteiger partial charge in [-0.3, -0.25) is 9.79 Å². The fourth-order valence-corrected chi connectivity index (χ4v) is 3.40. The molecule has 0 radical (unpaired) electrons. The van der Waals surface area contributed by atoms with Crippen LogP contribution in [-0.4, -0.2) is 75.8 Å². The second-order valence-electron chi connectivity index (χ2n) is 7.41. The lowest BCUT2D eigenvalue weighted by atomic mass is 10.1. The molecule has 164 valence electrons. The van der Waals surface area contributed by atoms with E-state index in [0.29, 0.717) is 24.9 Å². The minimum atomic E-state index is -0.168. The first-order valence-electron chi connectivity index (χ1n) is 10.7. The monoisotopic (exact) mass is 407 g/mol. The number of rotatable bonds is 11. The number of amides is 1. The van der Waals surface area contributed by atoms with E-state index in [9.17, 15) is 4.79 Å². The molecule has 0 atom stereocenters. The van der Waals surface area contributed by atoms with Gasteiger partial charge in [0, 0.05) is 64.6 Å². The Morgan fingerprint density at radius 2 is 2.10 bits per heavy atom. The van der Waals surface area contributed by atoms with Crippen molar-refractivity contribution in [2.24, 2.45) is 4.99 Å². The van der Waals surface area contributed by atoms with Gasteiger partial charge in [-0.05, 0) is 45.6 Å². The highest BCUT2D eigenvalue weighted by Gasteiger charge is 2.19. The van der Waals surface area contributed by atoms with Gasteiger partial charge in [0.15, 0.2) is 11.7 Å². The van der Waals surface area contributed by atoms with E-state index in [0.717, 1.165) is 70.0 Å². The third kappa shape index (κ3) is 8.45. The van der Waals surface area contributed by atoms with Gasteiger partial charge in [-0.1, -0.05) is 0 Å². The zero-order chi connectivity index (χ0) is 20.9. The molecule has 2 heterocycles. The van der Waals surface area contributed by atoms with E-state index in [4.69, 9.17) is 9.15 Å². The summed E-state index contributed by atoms with van der Waals surface area (Å²) in [6, 6.07) is 2.24. The number of aryl methyl sites for hydroxylation is 1. The van der Waals surface area contributed by atoms with Crippen molar-refractivity contribution in [3.8, 4) is 0 Å². The van der Waals surface area contributed by atoms with E-state index in [1.54, 1.807) is 13.2 Å². The zero-order valence-corrected chi connectivity index (χ0v) is 18.1. The second kappa shape index (κ2) is 13.2. The van der Waals surface area contributed by atoms with Crippen LogP contribution >= 0.6 is 0 Å². The molecule has 29 heavy (non-hydrogen) atoms. The fourth-order valence-electron chi connectivity index (χ4n) is 3.40. The molecule has 1 aromatic heterocycles. The predicted octanol–water partition coefficient (Wildman–Crippen LogP) is 1.76. The molecule has 0 aromatic carbocycles. The van der Waals surface area contributed by atoms with Crippen molar-refractivity contribution in [2.75, 3.05) is 53.0 Å². The molecule has 8 heteroatoms. The quantitative estimate of drug-likeness (QED) is 0.294. The lowest BCUT2D eigenvalue weighted by Gasteiger charge is -2.33. The van der Waals surface area contributed by atoms with Crippen molar-refractivity contribution >= 4 is 11.9 Å². The van der Waals surface area contributed by atoms with Gasteiger partial charge in [-0.15, -0.1) is 0 Å². The lowest BCUT2D eigenvalue weighted by Crippen LogP contribution is -2.49. The largest absolute Gasteiger partial charge is 0.459 e. The minimum Gasteiger partial charge on any atom is -0.459 e. The molecule has 2 rings (SSSR count). The van der Waals surface area contributed by atoms with E-state index in [1.165, 1.54) is 6.26 Å². The van der Waals surface area contributed by atoms with Crippen molar-refractivity contribution in [3.05, 3.63) is 23.7 Å². The first-order valence-corrected chi connectivity index (χ1v) is 10.7. The van der Waals surface area contributed by atoms with Gasteiger partial charge in [0.25, 0.3) is 5.91 Å². The van der Waals surface area contributed by atoms with Gasteiger partial charge in [-0.2, -0.15) is 0 Å². The van der Waals surface area contributed by atoms with Crippen molar-refractivity contribution < 1.29 is 13.9 Å². The van der Waals surface area contributed by atoms with Gasteiger partial charge < -0.3 is 30.0 Å². The van der Waals surface area contributed by atoms with Crippen LogP contribution in [0.1, 0.15) is 48.7 Å². The average molecular weight is 408 g/mol. The standard InChI is InChI=1S/C21H37N5O3/c1-4-22-21(25-18-7-13-26(14-8-18)12-6-15-28-3)24-11-5-10-23-20(27)19-17(2)9-16-29-19/h9,16,18H,4-8,10-15H2,1-3H3,(H,23,27)(H2,22,24,25). The summed E-state index contributed by atoms with van der Waals surface area (Å²) in [5.41, 5.74) is 0.851. The molecular weight excluding hydrogens is 370 g/mol. The topological polar surface area (TPSA) is 91.1 Å². The van der Waals surface area contributed by atoms with Gasteiger partial charge in [-0.25, -0.2) is 0 Å². The van der Waals surface area contributed by atoms with Crippen LogP contribution in [0.4, 0.5) is 0 Å². The van der Waals surface area contributed by atoms with Crippen LogP contribution in [-0.2, 0) is 4.74 Å². The van der Waals surface area contributed by atoms with Crippen LogP contribution in [0.5, 0.6) is 0 Å². The maximum Gasteiger partial charge on any atom is 0.287 e. The molecule has 0 saturated carbocycles. The molecule has 0 spiro atoms. The summed E-state index contributed by atoms with van der Waals surface area (Å²) in [4.78, 5) is 19.2. The number of likely N-dealkylation sites (tertiary alicyclic amines) is 1. The summed E-state index contributed by atoms with van der Waals surface area (Å²) in [5.74, 6) is 1.08. The maximum absolute atomic E-state index is 12.0. The van der Waals surface area contributed by atoms with Gasteiger partial charge in [0.05, 0.1) is 6.26 Å². The van der Waals surface area contributed by atoms with Gasteiger partial charge in [0.1, 0.15) is 0 Å². The Bertz CT molecular complexity index is 624. The normalized spacial score (nSPS) is 16.0. The summed E-state index contributed by atoms with van der Waals surface area (Å²) in [6.07, 6.45) is 5.65. The van der Waals surface area contributed by atoms with Crippen LogP contribution in [0.3, 0.4) is 0 Å². The summed E-state index contributed by atoms with van der Waals surface area (Å²) < 4.78 is 10.3. The number of aliphatic imine (C=N–C) groups is 1. The number of piperidine rings is 1. The Kier molecular flexibility index (Phi) is 10.6. The summed E-state index contributed by atoms with van der Waals surface area (Å²) in [7, 11) is 1.76. The summed E-state index contributed by atoms with van der Waals surface area (Å²) in [6.45, 7) is 10.1. The fraction of sp³-hybridized carbons (Fsp3) is 0.714. The SMILES string of the molecule is CCNC(=NCCCNC(=O)c1occc1C)NC1CCN(CCCOC)CC1. The molecule has 0 bridgehead atoms. The average Bonchev–Trinajstić information content (AvgIpc) is 3.15. The molecular formula is C21H37N5O3. The molecule has 0 unspecified atom stereocenters. The number of nitrogens with one attached hydrogen (secondary N) is 3. The number of guanidine groups is 1. The minimum absolute atomic E-state index is 0.168. The molecule has 1 amide bonds. The second-order valence-corrected chi connectivity index (χ2v) is 7.41. The highest BCUT2D eigenvalue weighted by Crippen LogP contribution is 2.11. The highest BCUT2D eigenvalue weighted by atomic mass is 16.5. The third-order valence-electron chi connectivity index (χ3n) is 5.05. The number of hydrogen-bond acceptors (Lipinski definition) is 5. The number of hydrogen-bond donors (Lipinski definition) is 3. The molecule has 3 N–H and O–H groups in total. The third-order valence-corrected chi connectivity index (χ3v) is 5.05. The van der Waals surface area contributed by atoms with Crippen LogP contribution in [0.2, 0.25) is 0 Å². The van der Waals surface area contributed by atoms with Crippen LogP contribution in [0, 0.1) is 6.92 Å². The molecule has 1 aromatic rings. The van der Waals surface area contributed by atoms with Gasteiger partial charge in [0.2, 0.25) is 0 Å². The maximum atomic E-state index is 12.0. The number of ether oxygens (including phenoxy) is 1. The first-order chi connectivity index (χ1) is 14.1. The predicted molar refractivity (Wildman–Crippen MR) is 115 cm³/mol. The number of carbonyl (C=O) groups is 1. The van der Waals surface area contributed by atoms with Crippen LogP contribution in [0.15, 0.2) is 21.7 Å². The molecule has 0 aliphatic carbocycles. The molecule has 8 nitrogen and oxygen atoms in total. The number of nitrogens with zero attached hydrogens (tertiary/aromatic N) is 2. The van der Waals surface area contributed by atoms with E-state index in [-0.39, 0.29) is 5.91 Å². The Morgan fingerprint density at radius 3 is 2.76 bits per heavy atom. The number of carbonyl (C=O) groups excluding carboxylic acids is 1. The van der Waals surface area contributed by atoms with E-state index in [2.05, 4.69) is 32.8 Å². The molecule has 1 saturated heterocycles. The zero-order valence-electron chi connectivity index (χ0n) is 18.1. The van der Waals surface area contributed by atoms with Crippen molar-refractivity contribution in [3.63, 3.8) is 0 Å². The molecule has 1 fully saturated rings. The first kappa shape index (κ1) is 23.2. The smallest absolute Gasteiger partial charge is 0.287 e. The Labute approximate surface area is 174 Å². The Morgan fingerprint density at radius 1 is 1.31 bits per heavy atom. The van der Waals surface area contributed by atoms with E-state index >= 15 is 0 Å². The summed E-state index contributed by atoms with van der Waals surface area (Å²) in [5, 5.41) is 9.76. The van der Waals surface area contributed by atoms with Crippen LogP contribution in [0.25, 0.3) is 0 Å². The Hall–Kier alpha value is -2.06. The lowest BCUT2D eigenvalue weighted by molar-refractivity contribution is 0.0925. The van der Waals surface area contributed by atoms with Crippen LogP contribution < -0.4 is 16.0 Å². The van der Waals surface area contributed by atoms with Crippen molar-refractivity contribution in [1.29, 1.82) is 0 Å². The van der Waals surface area contributed by atoms with Gasteiger partial charge >= 0.3 is 0 Å². The van der Waals surface area contributed by atoms with E-state index < -0.39 is 0 Å². The number of furan rings is 1. The van der Waals surface area contributed by atoms with Crippen molar-refractivity contribution in [2.45, 2.75) is 45.6 Å². The Balaban J connectivity index is 1.66.